The Morgan fingerprint density at radius 1 is 0.757 bits per heavy atom. The largest absolute Gasteiger partial charge is 0.453 e. The third-order valence-electron chi connectivity index (χ3n) is 6.65. The van der Waals surface area contributed by atoms with Gasteiger partial charge in [0.1, 0.15) is 5.60 Å². The molecule has 0 N–H and O–H groups in total. The predicted molar refractivity (Wildman–Crippen MR) is 141 cm³/mol. The summed E-state index contributed by atoms with van der Waals surface area (Å²) in [5, 5.41) is 0. The first-order valence-electron chi connectivity index (χ1n) is 12.5. The van der Waals surface area contributed by atoms with E-state index in [9.17, 15) is 4.79 Å². The molecule has 0 bridgehead atoms. The smallest absolute Gasteiger partial charge is 0.338 e. The van der Waals surface area contributed by atoms with Crippen molar-refractivity contribution in [1.29, 1.82) is 0 Å². The van der Waals surface area contributed by atoms with E-state index in [0.29, 0.717) is 12.0 Å². The Morgan fingerprint density at radius 2 is 1.22 bits per heavy atom. The van der Waals surface area contributed by atoms with Gasteiger partial charge in [-0.3, -0.25) is 0 Å². The van der Waals surface area contributed by atoms with Gasteiger partial charge in [0.25, 0.3) is 0 Å². The third kappa shape index (κ3) is 5.35. The van der Waals surface area contributed by atoms with Crippen LogP contribution in [0.2, 0.25) is 0 Å². The van der Waals surface area contributed by atoms with Crippen LogP contribution in [0.25, 0.3) is 0 Å². The summed E-state index contributed by atoms with van der Waals surface area (Å²) in [7, 11) is 1.56. The van der Waals surface area contributed by atoms with Crippen LogP contribution in [0.1, 0.15) is 33.5 Å². The summed E-state index contributed by atoms with van der Waals surface area (Å²) in [6.07, 6.45) is -1.06. The number of hydrogen-bond acceptors (Lipinski definition) is 5. The van der Waals surface area contributed by atoms with Crippen molar-refractivity contribution in [3.63, 3.8) is 0 Å². The summed E-state index contributed by atoms with van der Waals surface area (Å²) < 4.78 is 24.3. The third-order valence-corrected chi connectivity index (χ3v) is 6.65. The van der Waals surface area contributed by atoms with Crippen LogP contribution in [0.5, 0.6) is 0 Å². The van der Waals surface area contributed by atoms with Crippen LogP contribution in [0.3, 0.4) is 0 Å². The molecular formula is C32H30O5. The van der Waals surface area contributed by atoms with Gasteiger partial charge < -0.3 is 18.9 Å². The van der Waals surface area contributed by atoms with Crippen molar-refractivity contribution in [3.05, 3.63) is 144 Å². The molecule has 4 aromatic rings. The molecule has 1 saturated heterocycles. The van der Waals surface area contributed by atoms with E-state index in [1.165, 1.54) is 0 Å². The molecule has 4 aromatic carbocycles. The Labute approximate surface area is 217 Å². The van der Waals surface area contributed by atoms with Crippen molar-refractivity contribution in [1.82, 2.24) is 0 Å². The standard InChI is InChI=1S/C32H30O5/c1-34-31-29(37-30(33)24-14-6-2-7-15-24)22-28(36-31)23-35-32(25-16-8-3-9-17-25,26-18-10-4-11-19-26)27-20-12-5-13-21-27/h2-21,28-29,31H,22-23H2,1H3/t28-,29-,31-/m1/s1. The van der Waals surface area contributed by atoms with Crippen molar-refractivity contribution >= 4 is 5.97 Å². The second-order valence-electron chi connectivity index (χ2n) is 9.00. The highest BCUT2D eigenvalue weighted by atomic mass is 16.7. The van der Waals surface area contributed by atoms with E-state index >= 15 is 0 Å². The SMILES string of the molecule is CO[C@@H]1O[C@@H](COC(c2ccccc2)(c2ccccc2)c2ccccc2)C[C@H]1OC(=O)c1ccccc1. The fourth-order valence-electron chi connectivity index (χ4n) is 4.89. The summed E-state index contributed by atoms with van der Waals surface area (Å²) in [4.78, 5) is 12.7. The van der Waals surface area contributed by atoms with Gasteiger partial charge in [-0.05, 0) is 28.8 Å². The normalized spacial score (nSPS) is 19.4. The van der Waals surface area contributed by atoms with Gasteiger partial charge in [-0.1, -0.05) is 109 Å². The lowest BCUT2D eigenvalue weighted by Gasteiger charge is -2.36. The van der Waals surface area contributed by atoms with E-state index < -0.39 is 24.0 Å². The van der Waals surface area contributed by atoms with Crippen LogP contribution in [0.15, 0.2) is 121 Å². The van der Waals surface area contributed by atoms with Gasteiger partial charge in [0.2, 0.25) is 0 Å². The minimum atomic E-state index is -0.853. The zero-order valence-corrected chi connectivity index (χ0v) is 20.7. The Kier molecular flexibility index (Phi) is 7.76. The zero-order valence-electron chi connectivity index (χ0n) is 20.7. The van der Waals surface area contributed by atoms with Crippen molar-refractivity contribution in [2.24, 2.45) is 0 Å². The van der Waals surface area contributed by atoms with Crippen molar-refractivity contribution < 1.29 is 23.7 Å². The molecule has 5 nitrogen and oxygen atoms in total. The lowest BCUT2D eigenvalue weighted by Crippen LogP contribution is -2.35. The molecule has 5 heteroatoms. The number of carbonyl (C=O) groups excluding carboxylic acids is 1. The molecule has 0 aliphatic carbocycles. The van der Waals surface area contributed by atoms with E-state index in [2.05, 4.69) is 36.4 Å². The number of methoxy groups -OCH3 is 1. The second kappa shape index (κ2) is 11.5. The molecule has 0 radical (unpaired) electrons. The average Bonchev–Trinajstić information content (AvgIpc) is 3.37. The Morgan fingerprint density at radius 3 is 1.68 bits per heavy atom. The minimum absolute atomic E-state index is 0.276. The molecule has 0 spiro atoms. The van der Waals surface area contributed by atoms with Gasteiger partial charge in [0.15, 0.2) is 12.4 Å². The maximum absolute atomic E-state index is 12.7. The molecule has 0 amide bonds. The molecule has 5 rings (SSSR count). The lowest BCUT2D eigenvalue weighted by atomic mass is 9.80. The number of rotatable bonds is 9. The molecule has 0 aromatic heterocycles. The fourth-order valence-corrected chi connectivity index (χ4v) is 4.89. The number of hydrogen-bond donors (Lipinski definition) is 0. The first-order chi connectivity index (χ1) is 18.2. The van der Waals surface area contributed by atoms with E-state index in [4.69, 9.17) is 18.9 Å². The Bertz CT molecular complexity index is 1170. The zero-order chi connectivity index (χ0) is 25.5. The van der Waals surface area contributed by atoms with E-state index in [1.807, 2.05) is 72.8 Å². The maximum atomic E-state index is 12.7. The highest BCUT2D eigenvalue weighted by Crippen LogP contribution is 2.41. The van der Waals surface area contributed by atoms with Crippen molar-refractivity contribution in [3.8, 4) is 0 Å². The molecule has 0 saturated carbocycles. The molecule has 1 heterocycles. The molecule has 188 valence electrons. The van der Waals surface area contributed by atoms with Gasteiger partial charge in [0, 0.05) is 13.5 Å². The number of ether oxygens (including phenoxy) is 4. The van der Waals surface area contributed by atoms with E-state index in [0.717, 1.165) is 16.7 Å². The van der Waals surface area contributed by atoms with Gasteiger partial charge in [0.05, 0.1) is 18.3 Å². The Balaban J connectivity index is 1.41. The van der Waals surface area contributed by atoms with Crippen molar-refractivity contribution in [2.75, 3.05) is 13.7 Å². The number of benzene rings is 4. The summed E-state index contributed by atoms with van der Waals surface area (Å²) >= 11 is 0. The van der Waals surface area contributed by atoms with Gasteiger partial charge >= 0.3 is 5.97 Å². The van der Waals surface area contributed by atoms with Crippen LogP contribution in [-0.2, 0) is 24.5 Å². The first kappa shape index (κ1) is 24.9. The summed E-state index contributed by atoms with van der Waals surface area (Å²) in [5.74, 6) is -0.398. The molecule has 1 aliphatic heterocycles. The molecular weight excluding hydrogens is 464 g/mol. The number of carbonyl (C=O) groups is 1. The Hall–Kier alpha value is -3.77. The first-order valence-corrected chi connectivity index (χ1v) is 12.5. The van der Waals surface area contributed by atoms with Crippen LogP contribution in [0.4, 0.5) is 0 Å². The van der Waals surface area contributed by atoms with Crippen LogP contribution >= 0.6 is 0 Å². The van der Waals surface area contributed by atoms with E-state index in [-0.39, 0.29) is 12.7 Å². The average molecular weight is 495 g/mol. The summed E-state index contributed by atoms with van der Waals surface area (Å²) in [5.41, 5.74) is 2.68. The van der Waals surface area contributed by atoms with Gasteiger partial charge in [-0.2, -0.15) is 0 Å². The van der Waals surface area contributed by atoms with Crippen LogP contribution < -0.4 is 0 Å². The van der Waals surface area contributed by atoms with Crippen LogP contribution in [-0.4, -0.2) is 38.2 Å². The topological polar surface area (TPSA) is 54.0 Å². The maximum Gasteiger partial charge on any atom is 0.338 e. The predicted octanol–water partition coefficient (Wildman–Crippen LogP) is 5.98. The summed E-state index contributed by atoms with van der Waals surface area (Å²) in [6.45, 7) is 0.276. The molecule has 3 atom stereocenters. The summed E-state index contributed by atoms with van der Waals surface area (Å²) in [6, 6.07) is 39.5. The van der Waals surface area contributed by atoms with Gasteiger partial charge in [-0.25, -0.2) is 4.79 Å². The number of esters is 1. The van der Waals surface area contributed by atoms with Crippen molar-refractivity contribution in [2.45, 2.75) is 30.5 Å². The van der Waals surface area contributed by atoms with Crippen LogP contribution in [0, 0.1) is 0 Å². The monoisotopic (exact) mass is 494 g/mol. The molecule has 1 aliphatic rings. The van der Waals surface area contributed by atoms with Gasteiger partial charge in [-0.15, -0.1) is 0 Å². The molecule has 0 unspecified atom stereocenters. The second-order valence-corrected chi connectivity index (χ2v) is 9.00. The highest BCUT2D eigenvalue weighted by molar-refractivity contribution is 5.89. The lowest BCUT2D eigenvalue weighted by molar-refractivity contribution is -0.163. The quantitative estimate of drug-likeness (QED) is 0.212. The fraction of sp³-hybridized carbons (Fsp3) is 0.219. The van der Waals surface area contributed by atoms with E-state index in [1.54, 1.807) is 19.2 Å². The minimum Gasteiger partial charge on any atom is -0.453 e. The highest BCUT2D eigenvalue weighted by Gasteiger charge is 2.42. The molecule has 1 fully saturated rings. The molecule has 37 heavy (non-hydrogen) atoms.